The van der Waals surface area contributed by atoms with Crippen molar-refractivity contribution in [2.24, 2.45) is 11.0 Å². The van der Waals surface area contributed by atoms with Crippen LogP contribution in [0.15, 0.2) is 35.6 Å². The third-order valence-electron chi connectivity index (χ3n) is 3.52. The summed E-state index contributed by atoms with van der Waals surface area (Å²) in [5, 5.41) is 4.36. The zero-order valence-electron chi connectivity index (χ0n) is 12.2. The summed E-state index contributed by atoms with van der Waals surface area (Å²) < 4.78 is 7.34. The smallest absolute Gasteiger partial charge is 0.221 e. The molecule has 5 heteroatoms. The minimum absolute atomic E-state index is 0.395. The van der Waals surface area contributed by atoms with Gasteiger partial charge in [0.15, 0.2) is 0 Å². The molecule has 5 nitrogen and oxygen atoms in total. The molecular weight excluding hydrogens is 264 g/mol. The lowest BCUT2D eigenvalue weighted by molar-refractivity contribution is 0.111. The number of ether oxygens (including phenoxy) is 1. The Morgan fingerprint density at radius 2 is 2.24 bits per heavy atom. The third-order valence-corrected chi connectivity index (χ3v) is 3.52. The lowest BCUT2D eigenvalue weighted by atomic mass is 10.1. The van der Waals surface area contributed by atoms with Gasteiger partial charge in [0.05, 0.1) is 24.7 Å². The molecule has 1 fully saturated rings. The maximum atomic E-state index is 5.78. The van der Waals surface area contributed by atoms with E-state index in [4.69, 9.17) is 10.5 Å². The number of nitrogen functional groups attached to an aromatic ring is 1. The van der Waals surface area contributed by atoms with Gasteiger partial charge in [-0.1, -0.05) is 24.3 Å². The molecule has 110 valence electrons. The third kappa shape index (κ3) is 3.70. The normalized spacial score (nSPS) is 14.9. The highest BCUT2D eigenvalue weighted by molar-refractivity contribution is 5.81. The van der Waals surface area contributed by atoms with Crippen molar-refractivity contribution < 1.29 is 4.74 Å². The Labute approximate surface area is 124 Å². The Hall–Kier alpha value is -2.14. The summed E-state index contributed by atoms with van der Waals surface area (Å²) in [5.74, 6) is 1.17. The number of anilines is 1. The van der Waals surface area contributed by atoms with Crippen molar-refractivity contribution in [2.75, 3.05) is 12.3 Å². The SMILES string of the molecule is Cc1cn(N=Cc2ccccc2COCC2CC2)c(N)n1. The van der Waals surface area contributed by atoms with Gasteiger partial charge in [-0.15, -0.1) is 0 Å². The van der Waals surface area contributed by atoms with Crippen molar-refractivity contribution in [2.45, 2.75) is 26.4 Å². The molecule has 1 aromatic carbocycles. The van der Waals surface area contributed by atoms with Crippen molar-refractivity contribution in [1.29, 1.82) is 0 Å². The standard InChI is InChI=1S/C16H20N4O/c1-12-9-20(16(17)19-12)18-8-14-4-2-3-5-15(14)11-21-10-13-6-7-13/h2-5,8-9,13H,6-7,10-11H2,1H3,(H2,17,19). The van der Waals surface area contributed by atoms with E-state index in [-0.39, 0.29) is 0 Å². The fourth-order valence-corrected chi connectivity index (χ4v) is 2.13. The van der Waals surface area contributed by atoms with Gasteiger partial charge in [-0.2, -0.15) is 5.10 Å². The molecule has 1 saturated carbocycles. The monoisotopic (exact) mass is 284 g/mol. The summed E-state index contributed by atoms with van der Waals surface area (Å²) in [6.07, 6.45) is 6.22. The molecule has 0 aliphatic heterocycles. The summed E-state index contributed by atoms with van der Waals surface area (Å²) >= 11 is 0. The van der Waals surface area contributed by atoms with Crippen molar-refractivity contribution in [3.63, 3.8) is 0 Å². The van der Waals surface area contributed by atoms with E-state index in [0.717, 1.165) is 29.3 Å². The predicted octanol–water partition coefficient (Wildman–Crippen LogP) is 2.58. The van der Waals surface area contributed by atoms with Crippen molar-refractivity contribution in [3.05, 3.63) is 47.3 Å². The van der Waals surface area contributed by atoms with Gasteiger partial charge >= 0.3 is 0 Å². The highest BCUT2D eigenvalue weighted by atomic mass is 16.5. The van der Waals surface area contributed by atoms with Gasteiger partial charge in [-0.25, -0.2) is 9.66 Å². The van der Waals surface area contributed by atoms with Crippen molar-refractivity contribution in [1.82, 2.24) is 9.66 Å². The number of nitrogens with two attached hydrogens (primary N) is 1. The molecule has 2 aromatic rings. The molecule has 21 heavy (non-hydrogen) atoms. The van der Waals surface area contributed by atoms with Crippen LogP contribution in [0.4, 0.5) is 5.95 Å². The second-order valence-electron chi connectivity index (χ2n) is 5.49. The molecule has 0 amide bonds. The topological polar surface area (TPSA) is 65.4 Å². The van der Waals surface area contributed by atoms with Crippen LogP contribution in [0.2, 0.25) is 0 Å². The van der Waals surface area contributed by atoms with Crippen LogP contribution in [0.5, 0.6) is 0 Å². The fourth-order valence-electron chi connectivity index (χ4n) is 2.13. The number of hydrogen-bond donors (Lipinski definition) is 1. The molecule has 0 spiro atoms. The lowest BCUT2D eigenvalue weighted by Gasteiger charge is -2.06. The molecule has 1 aliphatic rings. The molecule has 2 N–H and O–H groups in total. The second-order valence-corrected chi connectivity index (χ2v) is 5.49. The number of rotatable bonds is 6. The van der Waals surface area contributed by atoms with E-state index in [2.05, 4.69) is 16.2 Å². The van der Waals surface area contributed by atoms with Crippen LogP contribution in [0.25, 0.3) is 0 Å². The summed E-state index contributed by atoms with van der Waals surface area (Å²) in [5.41, 5.74) is 8.81. The lowest BCUT2D eigenvalue weighted by Crippen LogP contribution is -2.01. The predicted molar refractivity (Wildman–Crippen MR) is 83.2 cm³/mol. The van der Waals surface area contributed by atoms with Gasteiger partial charge in [0, 0.05) is 12.2 Å². The molecule has 0 atom stereocenters. The molecular formula is C16H20N4O. The average molecular weight is 284 g/mol. The van der Waals surface area contributed by atoms with Crippen LogP contribution >= 0.6 is 0 Å². The summed E-state index contributed by atoms with van der Waals surface area (Å²) in [6.45, 7) is 3.37. The minimum atomic E-state index is 0.395. The number of aromatic nitrogens is 2. The number of hydrogen-bond acceptors (Lipinski definition) is 4. The molecule has 1 heterocycles. The maximum Gasteiger partial charge on any atom is 0.221 e. The maximum absolute atomic E-state index is 5.78. The Kier molecular flexibility index (Phi) is 4.01. The Bertz CT molecular complexity index is 643. The molecule has 0 saturated heterocycles. The zero-order chi connectivity index (χ0) is 14.7. The first-order valence-electron chi connectivity index (χ1n) is 7.24. The Balaban J connectivity index is 1.70. The Morgan fingerprint density at radius 3 is 2.95 bits per heavy atom. The highest BCUT2D eigenvalue weighted by Crippen LogP contribution is 2.29. The number of nitrogens with zero attached hydrogens (tertiary/aromatic N) is 3. The van der Waals surface area contributed by atoms with E-state index >= 15 is 0 Å². The first-order chi connectivity index (χ1) is 10.2. The van der Waals surface area contributed by atoms with Crippen molar-refractivity contribution >= 4 is 12.2 Å². The van der Waals surface area contributed by atoms with Crippen molar-refractivity contribution in [3.8, 4) is 0 Å². The number of imidazole rings is 1. The van der Waals surface area contributed by atoms with Gasteiger partial charge in [-0.3, -0.25) is 0 Å². The summed E-state index contributed by atoms with van der Waals surface area (Å²) in [4.78, 5) is 4.12. The van der Waals surface area contributed by atoms with Gasteiger partial charge in [0.2, 0.25) is 5.95 Å². The molecule has 0 unspecified atom stereocenters. The summed E-state index contributed by atoms with van der Waals surface area (Å²) in [6, 6.07) is 8.10. The highest BCUT2D eigenvalue weighted by Gasteiger charge is 2.21. The molecule has 3 rings (SSSR count). The van der Waals surface area contributed by atoms with Crippen LogP contribution in [-0.2, 0) is 11.3 Å². The number of aryl methyl sites for hydroxylation is 1. The Morgan fingerprint density at radius 1 is 1.43 bits per heavy atom. The van der Waals surface area contributed by atoms with Crippen LogP contribution in [0, 0.1) is 12.8 Å². The quantitative estimate of drug-likeness (QED) is 0.829. The zero-order valence-corrected chi connectivity index (χ0v) is 12.2. The molecule has 0 radical (unpaired) electrons. The minimum Gasteiger partial charge on any atom is -0.376 e. The first-order valence-corrected chi connectivity index (χ1v) is 7.24. The molecule has 1 aliphatic carbocycles. The first kappa shape index (κ1) is 13.8. The van der Waals surface area contributed by atoms with Gasteiger partial charge in [-0.05, 0) is 31.2 Å². The van der Waals surface area contributed by atoms with E-state index < -0.39 is 0 Å². The largest absolute Gasteiger partial charge is 0.376 e. The molecule has 1 aromatic heterocycles. The second kappa shape index (κ2) is 6.10. The summed E-state index contributed by atoms with van der Waals surface area (Å²) in [7, 11) is 0. The average Bonchev–Trinajstić information content (AvgIpc) is 3.23. The van der Waals surface area contributed by atoms with E-state index in [0.29, 0.717) is 12.6 Å². The van der Waals surface area contributed by atoms with E-state index in [9.17, 15) is 0 Å². The van der Waals surface area contributed by atoms with Crippen LogP contribution < -0.4 is 5.73 Å². The van der Waals surface area contributed by atoms with Crippen LogP contribution in [0.1, 0.15) is 29.7 Å². The van der Waals surface area contributed by atoms with Crippen LogP contribution in [0.3, 0.4) is 0 Å². The van der Waals surface area contributed by atoms with Gasteiger partial charge in [0.1, 0.15) is 0 Å². The number of benzene rings is 1. The van der Waals surface area contributed by atoms with Gasteiger partial charge < -0.3 is 10.5 Å². The van der Waals surface area contributed by atoms with Crippen LogP contribution in [-0.4, -0.2) is 22.5 Å². The molecule has 0 bridgehead atoms. The van der Waals surface area contributed by atoms with E-state index in [1.165, 1.54) is 12.8 Å². The van der Waals surface area contributed by atoms with E-state index in [1.807, 2.05) is 25.1 Å². The van der Waals surface area contributed by atoms with E-state index in [1.54, 1.807) is 17.1 Å². The van der Waals surface area contributed by atoms with Gasteiger partial charge in [0.25, 0.3) is 0 Å². The fraction of sp³-hybridized carbons (Fsp3) is 0.375.